The summed E-state index contributed by atoms with van der Waals surface area (Å²) in [5, 5.41) is 10.8. The van der Waals surface area contributed by atoms with Crippen LogP contribution in [-0.4, -0.2) is 36.6 Å². The zero-order chi connectivity index (χ0) is 14.6. The van der Waals surface area contributed by atoms with E-state index in [4.69, 9.17) is 5.11 Å². The van der Waals surface area contributed by atoms with Gasteiger partial charge in [0.15, 0.2) is 0 Å². The topological polar surface area (TPSA) is 92.7 Å². The Morgan fingerprint density at radius 3 is 2.00 bits per heavy atom. The first kappa shape index (κ1) is 16.4. The highest BCUT2D eigenvalue weighted by molar-refractivity contribution is 5.86. The maximum atomic E-state index is 11.8. The van der Waals surface area contributed by atoms with Gasteiger partial charge in [-0.15, -0.1) is 0 Å². The van der Waals surface area contributed by atoms with Crippen molar-refractivity contribution in [2.45, 2.75) is 34.1 Å². The van der Waals surface area contributed by atoms with Crippen LogP contribution in [0.2, 0.25) is 0 Å². The number of carboxylic acid groups (broad SMARTS) is 1. The van der Waals surface area contributed by atoms with Crippen LogP contribution in [0.5, 0.6) is 0 Å². The lowest BCUT2D eigenvalue weighted by Gasteiger charge is -2.31. The summed E-state index contributed by atoms with van der Waals surface area (Å²) in [5.74, 6) is -1.91. The van der Waals surface area contributed by atoms with E-state index < -0.39 is 35.2 Å². The molecular formula is C12H21NO5. The van der Waals surface area contributed by atoms with Crippen molar-refractivity contribution in [3.63, 3.8) is 0 Å². The Morgan fingerprint density at radius 2 is 1.61 bits per heavy atom. The molecule has 104 valence electrons. The fourth-order valence-corrected chi connectivity index (χ4v) is 1.93. The van der Waals surface area contributed by atoms with Crippen LogP contribution in [0.15, 0.2) is 0 Å². The maximum Gasteiger partial charge on any atom is 0.322 e. The molecule has 18 heavy (non-hydrogen) atoms. The third-order valence-electron chi connectivity index (χ3n) is 2.64. The average molecular weight is 259 g/mol. The summed E-state index contributed by atoms with van der Waals surface area (Å²) in [5.41, 5.74) is -1.66. The molecule has 0 aromatic carbocycles. The van der Waals surface area contributed by atoms with E-state index in [2.05, 4.69) is 10.1 Å². The van der Waals surface area contributed by atoms with E-state index in [0.29, 0.717) is 0 Å². The van der Waals surface area contributed by atoms with E-state index in [1.165, 1.54) is 7.11 Å². The number of aliphatic carboxylic acids is 1. The molecule has 0 unspecified atom stereocenters. The number of amides is 1. The number of hydrogen-bond donors (Lipinski definition) is 2. The molecule has 0 aliphatic rings. The van der Waals surface area contributed by atoms with Gasteiger partial charge in [-0.05, 0) is 20.3 Å². The van der Waals surface area contributed by atoms with Crippen LogP contribution in [0.1, 0.15) is 34.1 Å². The number of carboxylic acids is 1. The maximum absolute atomic E-state index is 11.8. The first-order chi connectivity index (χ1) is 8.03. The number of esters is 1. The molecule has 6 nitrogen and oxygen atoms in total. The Hall–Kier alpha value is -1.59. The molecule has 0 saturated heterocycles. The first-order valence-corrected chi connectivity index (χ1v) is 5.61. The van der Waals surface area contributed by atoms with Crippen molar-refractivity contribution in [1.82, 2.24) is 5.32 Å². The van der Waals surface area contributed by atoms with Gasteiger partial charge >= 0.3 is 11.9 Å². The number of carbonyl (C=O) groups excluding carboxylic acids is 2. The van der Waals surface area contributed by atoms with E-state index in [1.807, 2.05) is 0 Å². The van der Waals surface area contributed by atoms with Gasteiger partial charge in [0.05, 0.1) is 12.5 Å². The highest BCUT2D eigenvalue weighted by Crippen LogP contribution is 2.34. The molecule has 0 radical (unpaired) electrons. The molecule has 0 aliphatic carbocycles. The second-order valence-electron chi connectivity index (χ2n) is 5.51. The molecule has 0 aromatic rings. The molecule has 1 amide bonds. The van der Waals surface area contributed by atoms with Crippen molar-refractivity contribution >= 4 is 17.8 Å². The third-order valence-corrected chi connectivity index (χ3v) is 2.64. The van der Waals surface area contributed by atoms with E-state index in [-0.39, 0.29) is 6.42 Å². The molecular weight excluding hydrogens is 238 g/mol. The van der Waals surface area contributed by atoms with E-state index in [0.717, 1.165) is 0 Å². The molecule has 0 rings (SSSR count). The third kappa shape index (κ3) is 4.73. The predicted octanol–water partition coefficient (Wildman–Crippen LogP) is 0.803. The van der Waals surface area contributed by atoms with E-state index >= 15 is 0 Å². The monoisotopic (exact) mass is 259 g/mol. The summed E-state index contributed by atoms with van der Waals surface area (Å²) in [6.07, 6.45) is 0.262. The van der Waals surface area contributed by atoms with E-state index in [1.54, 1.807) is 27.7 Å². The summed E-state index contributed by atoms with van der Waals surface area (Å²) >= 11 is 0. The van der Waals surface area contributed by atoms with Crippen molar-refractivity contribution in [2.24, 2.45) is 10.8 Å². The Labute approximate surface area is 107 Å². The van der Waals surface area contributed by atoms with Crippen LogP contribution in [-0.2, 0) is 19.1 Å². The molecule has 6 heteroatoms. The summed E-state index contributed by atoms with van der Waals surface area (Å²) in [6, 6.07) is 0. The summed E-state index contributed by atoms with van der Waals surface area (Å²) in [6.45, 7) is 6.26. The Balaban J connectivity index is 4.68. The zero-order valence-electron chi connectivity index (χ0n) is 11.5. The largest absolute Gasteiger partial charge is 0.480 e. The fourth-order valence-electron chi connectivity index (χ4n) is 1.93. The number of carbonyl (C=O) groups is 3. The van der Waals surface area contributed by atoms with Crippen LogP contribution < -0.4 is 5.32 Å². The highest BCUT2D eigenvalue weighted by atomic mass is 16.5. The van der Waals surface area contributed by atoms with Gasteiger partial charge in [0.2, 0.25) is 5.91 Å². The first-order valence-electron chi connectivity index (χ1n) is 5.61. The molecule has 0 aromatic heterocycles. The lowest BCUT2D eigenvalue weighted by atomic mass is 9.74. The standard InChI is InChI=1S/C12H21NO5/c1-11(2,9(16)13-6-8(14)15)7-12(3,4)10(17)18-5/h6-7H2,1-5H3,(H,13,16)(H,14,15). The van der Waals surface area contributed by atoms with Crippen molar-refractivity contribution in [3.05, 3.63) is 0 Å². The van der Waals surface area contributed by atoms with Gasteiger partial charge in [-0.1, -0.05) is 13.8 Å². The molecule has 0 saturated carbocycles. The zero-order valence-corrected chi connectivity index (χ0v) is 11.5. The number of nitrogens with one attached hydrogen (secondary N) is 1. The normalized spacial score (nSPS) is 11.8. The average Bonchev–Trinajstić information content (AvgIpc) is 2.22. The smallest absolute Gasteiger partial charge is 0.322 e. The summed E-state index contributed by atoms with van der Waals surface area (Å²) in [7, 11) is 1.29. The second kappa shape index (κ2) is 5.84. The second-order valence-corrected chi connectivity index (χ2v) is 5.51. The van der Waals surface area contributed by atoms with Crippen molar-refractivity contribution in [3.8, 4) is 0 Å². The van der Waals surface area contributed by atoms with Crippen LogP contribution in [0, 0.1) is 10.8 Å². The molecule has 0 heterocycles. The lowest BCUT2D eigenvalue weighted by molar-refractivity contribution is -0.153. The Kier molecular flexibility index (Phi) is 5.32. The minimum Gasteiger partial charge on any atom is -0.480 e. The number of methoxy groups -OCH3 is 1. The van der Waals surface area contributed by atoms with Gasteiger partial charge in [-0.2, -0.15) is 0 Å². The fraction of sp³-hybridized carbons (Fsp3) is 0.750. The van der Waals surface area contributed by atoms with Crippen LogP contribution >= 0.6 is 0 Å². The van der Waals surface area contributed by atoms with Crippen molar-refractivity contribution < 1.29 is 24.2 Å². The summed E-state index contributed by atoms with van der Waals surface area (Å²) in [4.78, 5) is 33.8. The van der Waals surface area contributed by atoms with Gasteiger partial charge in [0.25, 0.3) is 0 Å². The number of rotatable bonds is 6. The van der Waals surface area contributed by atoms with Crippen LogP contribution in [0.4, 0.5) is 0 Å². The van der Waals surface area contributed by atoms with Crippen molar-refractivity contribution in [2.75, 3.05) is 13.7 Å². The van der Waals surface area contributed by atoms with Crippen LogP contribution in [0.3, 0.4) is 0 Å². The molecule has 2 N–H and O–H groups in total. The van der Waals surface area contributed by atoms with Crippen LogP contribution in [0.25, 0.3) is 0 Å². The van der Waals surface area contributed by atoms with Gasteiger partial charge in [-0.25, -0.2) is 0 Å². The number of ether oxygens (including phenoxy) is 1. The number of hydrogen-bond acceptors (Lipinski definition) is 4. The van der Waals surface area contributed by atoms with E-state index in [9.17, 15) is 14.4 Å². The Morgan fingerprint density at radius 1 is 1.11 bits per heavy atom. The quantitative estimate of drug-likeness (QED) is 0.688. The molecule has 0 fully saturated rings. The molecule has 0 bridgehead atoms. The van der Waals surface area contributed by atoms with Gasteiger partial charge in [0.1, 0.15) is 6.54 Å². The van der Waals surface area contributed by atoms with Gasteiger partial charge < -0.3 is 15.2 Å². The van der Waals surface area contributed by atoms with Gasteiger partial charge in [-0.3, -0.25) is 14.4 Å². The molecule has 0 spiro atoms. The SMILES string of the molecule is COC(=O)C(C)(C)CC(C)(C)C(=O)NCC(=O)O. The lowest BCUT2D eigenvalue weighted by Crippen LogP contribution is -2.43. The minimum atomic E-state index is -1.11. The molecule has 0 aliphatic heterocycles. The van der Waals surface area contributed by atoms with Crippen molar-refractivity contribution in [1.29, 1.82) is 0 Å². The Bertz CT molecular complexity index is 346. The predicted molar refractivity (Wildman–Crippen MR) is 64.8 cm³/mol. The molecule has 0 atom stereocenters. The highest BCUT2D eigenvalue weighted by Gasteiger charge is 2.39. The summed E-state index contributed by atoms with van der Waals surface area (Å²) < 4.78 is 4.67. The minimum absolute atomic E-state index is 0.262. The van der Waals surface area contributed by atoms with Gasteiger partial charge in [0, 0.05) is 5.41 Å².